The molecule has 1 unspecified atom stereocenters. The van der Waals surface area contributed by atoms with E-state index in [-0.39, 0.29) is 24.5 Å². The van der Waals surface area contributed by atoms with Crippen LogP contribution in [0.2, 0.25) is 0 Å². The molecule has 1 aromatic heterocycles. The molecule has 0 aliphatic heterocycles. The number of hydrogen-bond acceptors (Lipinski definition) is 4. The van der Waals surface area contributed by atoms with E-state index in [1.807, 2.05) is 0 Å². The van der Waals surface area contributed by atoms with Crippen LogP contribution in [0.1, 0.15) is 29.4 Å². The Labute approximate surface area is 144 Å². The SMILES string of the molecule is COCC(C)(CC(=O)O)NC(=O)c1ccn(-c2ccc(F)cc2C)n1. The molecule has 0 aliphatic rings. The van der Waals surface area contributed by atoms with Gasteiger partial charge in [0.2, 0.25) is 0 Å². The molecule has 134 valence electrons. The van der Waals surface area contributed by atoms with Crippen molar-refractivity contribution >= 4 is 11.9 Å². The highest BCUT2D eigenvalue weighted by molar-refractivity contribution is 5.93. The molecule has 8 heteroatoms. The van der Waals surface area contributed by atoms with E-state index in [0.717, 1.165) is 0 Å². The minimum absolute atomic E-state index is 0.0445. The number of carbonyl (C=O) groups excluding carboxylic acids is 1. The molecule has 2 aromatic rings. The first-order valence-electron chi connectivity index (χ1n) is 7.59. The summed E-state index contributed by atoms with van der Waals surface area (Å²) in [4.78, 5) is 23.4. The standard InChI is InChI=1S/C17H20FN3O4/c1-11-8-12(18)4-5-14(11)21-7-6-13(20-21)16(24)19-17(2,10-25-3)9-15(22)23/h4-8H,9-10H2,1-3H3,(H,19,24)(H,22,23). The molecule has 0 saturated heterocycles. The van der Waals surface area contributed by atoms with E-state index in [0.29, 0.717) is 11.3 Å². The molecule has 0 aliphatic carbocycles. The summed E-state index contributed by atoms with van der Waals surface area (Å²) in [5.74, 6) is -1.91. The van der Waals surface area contributed by atoms with Crippen LogP contribution < -0.4 is 5.32 Å². The Morgan fingerprint density at radius 2 is 2.12 bits per heavy atom. The quantitative estimate of drug-likeness (QED) is 0.797. The third kappa shape index (κ3) is 4.63. The second-order valence-electron chi connectivity index (χ2n) is 6.09. The van der Waals surface area contributed by atoms with Crippen molar-refractivity contribution in [2.24, 2.45) is 0 Å². The van der Waals surface area contributed by atoms with Crippen molar-refractivity contribution in [3.63, 3.8) is 0 Å². The highest BCUT2D eigenvalue weighted by atomic mass is 19.1. The predicted molar refractivity (Wildman–Crippen MR) is 88.3 cm³/mol. The van der Waals surface area contributed by atoms with E-state index in [4.69, 9.17) is 9.84 Å². The van der Waals surface area contributed by atoms with E-state index in [9.17, 15) is 14.0 Å². The van der Waals surface area contributed by atoms with Crippen LogP contribution in [0.4, 0.5) is 4.39 Å². The summed E-state index contributed by atoms with van der Waals surface area (Å²) in [6, 6.07) is 5.76. The van der Waals surface area contributed by atoms with Crippen LogP contribution >= 0.6 is 0 Å². The maximum Gasteiger partial charge on any atom is 0.305 e. The molecule has 7 nitrogen and oxygen atoms in total. The second kappa shape index (κ2) is 7.43. The molecule has 1 amide bonds. The third-order valence-corrected chi connectivity index (χ3v) is 3.65. The van der Waals surface area contributed by atoms with Crippen molar-refractivity contribution in [3.05, 3.63) is 47.5 Å². The number of aliphatic carboxylic acids is 1. The number of carboxylic acids is 1. The molecule has 1 atom stereocenters. The lowest BCUT2D eigenvalue weighted by molar-refractivity contribution is -0.139. The van der Waals surface area contributed by atoms with Crippen molar-refractivity contribution in [1.29, 1.82) is 0 Å². The first-order valence-corrected chi connectivity index (χ1v) is 7.59. The number of methoxy groups -OCH3 is 1. The molecule has 1 heterocycles. The van der Waals surface area contributed by atoms with Gasteiger partial charge in [-0.05, 0) is 43.7 Å². The molecular weight excluding hydrogens is 329 g/mol. The Morgan fingerprint density at radius 1 is 1.40 bits per heavy atom. The maximum absolute atomic E-state index is 13.2. The summed E-state index contributed by atoms with van der Waals surface area (Å²) < 4.78 is 19.7. The molecule has 25 heavy (non-hydrogen) atoms. The summed E-state index contributed by atoms with van der Waals surface area (Å²) >= 11 is 0. The summed E-state index contributed by atoms with van der Waals surface area (Å²) in [6.07, 6.45) is 1.30. The average Bonchev–Trinajstić information content (AvgIpc) is 2.95. The molecule has 0 saturated carbocycles. The number of nitrogens with zero attached hydrogens (tertiary/aromatic N) is 2. The molecule has 2 rings (SSSR count). The molecule has 0 bridgehead atoms. The number of halogens is 1. The van der Waals surface area contributed by atoms with Crippen molar-refractivity contribution < 1.29 is 23.8 Å². The number of aryl methyl sites for hydroxylation is 1. The molecule has 0 radical (unpaired) electrons. The zero-order valence-electron chi connectivity index (χ0n) is 14.2. The fourth-order valence-corrected chi connectivity index (χ4v) is 2.58. The number of ether oxygens (including phenoxy) is 1. The van der Waals surface area contributed by atoms with Crippen LogP contribution in [-0.4, -0.2) is 46.0 Å². The Kier molecular flexibility index (Phi) is 5.53. The van der Waals surface area contributed by atoms with E-state index in [1.54, 1.807) is 26.1 Å². The van der Waals surface area contributed by atoms with Gasteiger partial charge in [-0.25, -0.2) is 9.07 Å². The van der Waals surface area contributed by atoms with Gasteiger partial charge in [-0.15, -0.1) is 0 Å². The van der Waals surface area contributed by atoms with Crippen LogP contribution in [-0.2, 0) is 9.53 Å². The van der Waals surface area contributed by atoms with Gasteiger partial charge in [0.1, 0.15) is 5.82 Å². The zero-order valence-corrected chi connectivity index (χ0v) is 14.2. The number of rotatable bonds is 7. The maximum atomic E-state index is 13.2. The van der Waals surface area contributed by atoms with Gasteiger partial charge in [-0.1, -0.05) is 0 Å². The normalized spacial score (nSPS) is 13.3. The van der Waals surface area contributed by atoms with Gasteiger partial charge in [0.05, 0.1) is 24.3 Å². The van der Waals surface area contributed by atoms with Gasteiger partial charge in [-0.3, -0.25) is 9.59 Å². The fraction of sp³-hybridized carbons (Fsp3) is 0.353. The minimum Gasteiger partial charge on any atom is -0.481 e. The van der Waals surface area contributed by atoms with Crippen LogP contribution in [0.5, 0.6) is 0 Å². The highest BCUT2D eigenvalue weighted by Crippen LogP contribution is 2.16. The van der Waals surface area contributed by atoms with Crippen molar-refractivity contribution in [1.82, 2.24) is 15.1 Å². The molecule has 0 fully saturated rings. The predicted octanol–water partition coefficient (Wildman–Crippen LogP) is 1.93. The fourth-order valence-electron chi connectivity index (χ4n) is 2.58. The lowest BCUT2D eigenvalue weighted by atomic mass is 9.99. The van der Waals surface area contributed by atoms with Gasteiger partial charge in [0, 0.05) is 13.3 Å². The third-order valence-electron chi connectivity index (χ3n) is 3.65. The van der Waals surface area contributed by atoms with Gasteiger partial charge in [-0.2, -0.15) is 5.10 Å². The lowest BCUT2D eigenvalue weighted by Gasteiger charge is -2.28. The van der Waals surface area contributed by atoms with E-state index in [2.05, 4.69) is 10.4 Å². The van der Waals surface area contributed by atoms with Gasteiger partial charge < -0.3 is 15.2 Å². The number of nitrogens with one attached hydrogen (secondary N) is 1. The van der Waals surface area contributed by atoms with E-state index in [1.165, 1.54) is 30.0 Å². The number of carbonyl (C=O) groups is 2. The molecule has 1 aromatic carbocycles. The smallest absolute Gasteiger partial charge is 0.305 e. The van der Waals surface area contributed by atoms with Crippen LogP contribution in [0, 0.1) is 12.7 Å². The summed E-state index contributed by atoms with van der Waals surface area (Å²) in [5.41, 5.74) is 0.375. The number of amides is 1. The molecule has 2 N–H and O–H groups in total. The number of carboxylic acid groups (broad SMARTS) is 1. The monoisotopic (exact) mass is 349 g/mol. The van der Waals surface area contributed by atoms with Crippen molar-refractivity contribution in [2.75, 3.05) is 13.7 Å². The van der Waals surface area contributed by atoms with Crippen molar-refractivity contribution in [2.45, 2.75) is 25.8 Å². The van der Waals surface area contributed by atoms with Crippen molar-refractivity contribution in [3.8, 4) is 5.69 Å². The van der Waals surface area contributed by atoms with Gasteiger partial charge in [0.25, 0.3) is 5.91 Å². The second-order valence-corrected chi connectivity index (χ2v) is 6.09. The first-order chi connectivity index (χ1) is 11.7. The largest absolute Gasteiger partial charge is 0.481 e. The molecule has 0 spiro atoms. The van der Waals surface area contributed by atoms with Gasteiger partial charge >= 0.3 is 5.97 Å². The zero-order chi connectivity index (χ0) is 18.6. The first kappa shape index (κ1) is 18.6. The molecular formula is C17H20FN3O4. The number of hydrogen-bond donors (Lipinski definition) is 2. The Hall–Kier alpha value is -2.74. The van der Waals surface area contributed by atoms with Gasteiger partial charge in [0.15, 0.2) is 5.69 Å². The van der Waals surface area contributed by atoms with Crippen LogP contribution in [0.15, 0.2) is 30.5 Å². The number of aromatic nitrogens is 2. The lowest BCUT2D eigenvalue weighted by Crippen LogP contribution is -2.50. The van der Waals surface area contributed by atoms with E-state index < -0.39 is 17.4 Å². The van der Waals surface area contributed by atoms with Crippen LogP contribution in [0.3, 0.4) is 0 Å². The Morgan fingerprint density at radius 3 is 2.72 bits per heavy atom. The summed E-state index contributed by atoms with van der Waals surface area (Å²) in [7, 11) is 1.43. The Balaban J connectivity index is 2.20. The summed E-state index contributed by atoms with van der Waals surface area (Å²) in [6.45, 7) is 3.37. The van der Waals surface area contributed by atoms with Crippen LogP contribution in [0.25, 0.3) is 5.69 Å². The Bertz CT molecular complexity index is 790. The van der Waals surface area contributed by atoms with E-state index >= 15 is 0 Å². The average molecular weight is 349 g/mol. The minimum atomic E-state index is -1.06. The highest BCUT2D eigenvalue weighted by Gasteiger charge is 2.30. The number of benzene rings is 1. The topological polar surface area (TPSA) is 93.5 Å². The summed E-state index contributed by atoms with van der Waals surface area (Å²) in [5, 5.41) is 15.8.